The predicted octanol–water partition coefficient (Wildman–Crippen LogP) is 2.56. The number of halogens is 1. The summed E-state index contributed by atoms with van der Waals surface area (Å²) in [6, 6.07) is 4.75. The minimum Gasteiger partial charge on any atom is -0.412 e. The molecule has 0 aliphatic carbocycles. The maximum Gasteiger partial charge on any atom is 0.278 e. The van der Waals surface area contributed by atoms with E-state index in [2.05, 4.69) is 10.2 Å². The molecule has 0 unspecified atom stereocenters. The molecule has 0 radical (unpaired) electrons. The van der Waals surface area contributed by atoms with Gasteiger partial charge in [-0.25, -0.2) is 0 Å². The number of hydrogen-bond acceptors (Lipinski definition) is 5. The molecule has 0 aliphatic heterocycles. The van der Waals surface area contributed by atoms with Crippen molar-refractivity contribution in [2.45, 2.75) is 6.92 Å². The van der Waals surface area contributed by atoms with Crippen LogP contribution < -0.4 is 0 Å². The topological polar surface area (TPSA) is 82.1 Å². The highest BCUT2D eigenvalue weighted by atomic mass is 127. The average Bonchev–Trinajstić information content (AvgIpc) is 2.64. The van der Waals surface area contributed by atoms with Crippen LogP contribution in [0.1, 0.15) is 5.56 Å². The summed E-state index contributed by atoms with van der Waals surface area (Å²) in [5.41, 5.74) is 1.16. The molecular formula is C9H6IN3O3. The van der Waals surface area contributed by atoms with Crippen molar-refractivity contribution < 1.29 is 9.34 Å². The van der Waals surface area contributed by atoms with Crippen molar-refractivity contribution in [2.24, 2.45) is 0 Å². The Morgan fingerprint density at radius 3 is 2.75 bits per heavy atom. The molecule has 0 amide bonds. The highest BCUT2D eigenvalue weighted by Gasteiger charge is 2.17. The second-order valence-corrected chi connectivity index (χ2v) is 3.99. The van der Waals surface area contributed by atoms with Crippen LogP contribution in [0.3, 0.4) is 0 Å². The first kappa shape index (κ1) is 11.0. The van der Waals surface area contributed by atoms with Gasteiger partial charge in [0.1, 0.15) is 0 Å². The molecule has 0 aliphatic rings. The summed E-state index contributed by atoms with van der Waals surface area (Å²) in [6.45, 7) is 1.66. The van der Waals surface area contributed by atoms with Crippen molar-refractivity contribution in [1.82, 2.24) is 10.2 Å². The van der Waals surface area contributed by atoms with Crippen LogP contribution in [0.25, 0.3) is 11.5 Å². The Morgan fingerprint density at radius 1 is 1.44 bits per heavy atom. The monoisotopic (exact) mass is 331 g/mol. The Balaban J connectivity index is 2.58. The molecule has 0 bridgehead atoms. The van der Waals surface area contributed by atoms with Gasteiger partial charge in [0.25, 0.3) is 9.58 Å². The summed E-state index contributed by atoms with van der Waals surface area (Å²) in [5, 5.41) is 18.3. The summed E-state index contributed by atoms with van der Waals surface area (Å²) in [7, 11) is 0. The summed E-state index contributed by atoms with van der Waals surface area (Å²) >= 11 is 1.89. The van der Waals surface area contributed by atoms with E-state index in [0.29, 0.717) is 20.9 Å². The fourth-order valence-corrected chi connectivity index (χ4v) is 1.68. The van der Waals surface area contributed by atoms with Gasteiger partial charge in [-0.05, 0) is 13.0 Å². The quantitative estimate of drug-likeness (QED) is 0.480. The SMILES string of the molecule is Cc1c(-c2nnc(I)o2)cccc1[N+](=O)[O-]. The molecule has 6 nitrogen and oxygen atoms in total. The lowest BCUT2D eigenvalue weighted by Crippen LogP contribution is -1.93. The first-order valence-electron chi connectivity index (χ1n) is 4.33. The second kappa shape index (κ2) is 4.16. The van der Waals surface area contributed by atoms with Crippen LogP contribution in [0.15, 0.2) is 22.6 Å². The van der Waals surface area contributed by atoms with Crippen LogP contribution in [0.2, 0.25) is 0 Å². The van der Waals surface area contributed by atoms with E-state index < -0.39 is 4.92 Å². The average molecular weight is 331 g/mol. The van der Waals surface area contributed by atoms with Crippen LogP contribution in [0.5, 0.6) is 0 Å². The van der Waals surface area contributed by atoms with Crippen molar-refractivity contribution in [3.63, 3.8) is 0 Å². The number of hydrogen-bond donors (Lipinski definition) is 0. The van der Waals surface area contributed by atoms with E-state index in [-0.39, 0.29) is 5.69 Å². The van der Waals surface area contributed by atoms with Gasteiger partial charge in [-0.2, -0.15) is 0 Å². The van der Waals surface area contributed by atoms with Gasteiger partial charge in [0.05, 0.1) is 4.92 Å². The normalized spacial score (nSPS) is 10.4. The fourth-order valence-electron chi connectivity index (χ4n) is 1.37. The molecule has 0 spiro atoms. The number of nitro groups is 1. The number of nitrogens with zero attached hydrogens (tertiary/aromatic N) is 3. The van der Waals surface area contributed by atoms with Gasteiger partial charge in [-0.3, -0.25) is 10.1 Å². The number of aromatic nitrogens is 2. The molecule has 0 fully saturated rings. The third kappa shape index (κ3) is 1.90. The van der Waals surface area contributed by atoms with Crippen molar-refractivity contribution in [3.8, 4) is 11.5 Å². The molecule has 0 saturated carbocycles. The smallest absolute Gasteiger partial charge is 0.278 e. The van der Waals surface area contributed by atoms with E-state index in [1.165, 1.54) is 6.07 Å². The molecule has 7 heteroatoms. The fraction of sp³-hybridized carbons (Fsp3) is 0.111. The first-order chi connectivity index (χ1) is 7.59. The lowest BCUT2D eigenvalue weighted by atomic mass is 10.1. The van der Waals surface area contributed by atoms with Crippen LogP contribution in [0.4, 0.5) is 5.69 Å². The zero-order valence-electron chi connectivity index (χ0n) is 8.18. The third-order valence-electron chi connectivity index (χ3n) is 2.13. The summed E-state index contributed by atoms with van der Waals surface area (Å²) in [4.78, 5) is 10.3. The first-order valence-corrected chi connectivity index (χ1v) is 5.41. The summed E-state index contributed by atoms with van der Waals surface area (Å²) in [6.07, 6.45) is 0. The van der Waals surface area contributed by atoms with E-state index in [1.54, 1.807) is 19.1 Å². The molecule has 2 aromatic rings. The van der Waals surface area contributed by atoms with Gasteiger partial charge in [-0.15, -0.1) is 10.2 Å². The second-order valence-electron chi connectivity index (χ2n) is 3.07. The van der Waals surface area contributed by atoms with E-state index in [0.717, 1.165) is 0 Å². The van der Waals surface area contributed by atoms with E-state index >= 15 is 0 Å². The highest BCUT2D eigenvalue weighted by molar-refractivity contribution is 14.1. The predicted molar refractivity (Wildman–Crippen MR) is 63.8 cm³/mol. The van der Waals surface area contributed by atoms with Crippen LogP contribution in [0, 0.1) is 20.9 Å². The van der Waals surface area contributed by atoms with Crippen molar-refractivity contribution in [3.05, 3.63) is 37.8 Å². The lowest BCUT2D eigenvalue weighted by molar-refractivity contribution is -0.385. The Hall–Kier alpha value is -1.51. The van der Waals surface area contributed by atoms with Crippen LogP contribution >= 0.6 is 22.6 Å². The van der Waals surface area contributed by atoms with E-state index in [4.69, 9.17) is 4.42 Å². The van der Waals surface area contributed by atoms with Gasteiger partial charge >= 0.3 is 0 Å². The van der Waals surface area contributed by atoms with Gasteiger partial charge in [-0.1, -0.05) is 6.07 Å². The zero-order valence-corrected chi connectivity index (χ0v) is 10.3. The van der Waals surface area contributed by atoms with Crippen LogP contribution in [-0.4, -0.2) is 15.1 Å². The zero-order chi connectivity index (χ0) is 11.7. The molecular weight excluding hydrogens is 325 g/mol. The summed E-state index contributed by atoms with van der Waals surface area (Å²) < 4.78 is 5.63. The Kier molecular flexibility index (Phi) is 2.86. The molecule has 1 heterocycles. The summed E-state index contributed by atoms with van der Waals surface area (Å²) in [5.74, 6) is 0.297. The highest BCUT2D eigenvalue weighted by Crippen LogP contribution is 2.28. The van der Waals surface area contributed by atoms with Crippen molar-refractivity contribution in [1.29, 1.82) is 0 Å². The molecule has 0 atom stereocenters. The molecule has 1 aromatic carbocycles. The van der Waals surface area contributed by atoms with Crippen LogP contribution in [-0.2, 0) is 0 Å². The maximum absolute atomic E-state index is 10.7. The van der Waals surface area contributed by atoms with E-state index in [1.807, 2.05) is 22.6 Å². The van der Waals surface area contributed by atoms with Gasteiger partial charge in [0.15, 0.2) is 0 Å². The molecule has 2 rings (SSSR count). The number of rotatable bonds is 2. The number of benzene rings is 1. The lowest BCUT2D eigenvalue weighted by Gasteiger charge is -2.00. The van der Waals surface area contributed by atoms with E-state index in [9.17, 15) is 10.1 Å². The minimum absolute atomic E-state index is 0.0470. The molecule has 82 valence electrons. The largest absolute Gasteiger partial charge is 0.412 e. The molecule has 1 aromatic heterocycles. The van der Waals surface area contributed by atoms with Gasteiger partial charge in [0, 0.05) is 39.8 Å². The standard InChI is InChI=1S/C9H6IN3O3/c1-5-6(8-11-12-9(10)16-8)3-2-4-7(5)13(14)15/h2-4H,1H3. The Labute approximate surface area is 104 Å². The molecule has 16 heavy (non-hydrogen) atoms. The maximum atomic E-state index is 10.7. The Morgan fingerprint density at radius 2 is 2.19 bits per heavy atom. The molecule has 0 saturated heterocycles. The molecule has 0 N–H and O–H groups in total. The van der Waals surface area contributed by atoms with Crippen molar-refractivity contribution in [2.75, 3.05) is 0 Å². The number of nitro benzene ring substituents is 1. The minimum atomic E-state index is -0.430. The van der Waals surface area contributed by atoms with Crippen molar-refractivity contribution >= 4 is 28.3 Å². The third-order valence-corrected chi connectivity index (χ3v) is 2.57. The van der Waals surface area contributed by atoms with Gasteiger partial charge in [0.2, 0.25) is 5.89 Å². The Bertz CT molecular complexity index is 553. The van der Waals surface area contributed by atoms with Gasteiger partial charge < -0.3 is 4.42 Å².